The van der Waals surface area contributed by atoms with Crippen LogP contribution < -0.4 is 5.73 Å². The zero-order valence-corrected chi connectivity index (χ0v) is 9.41. The highest BCUT2D eigenvalue weighted by Crippen LogP contribution is 2.28. The molecule has 1 aromatic carbocycles. The molecule has 0 spiro atoms. The Morgan fingerprint density at radius 2 is 2.31 bits per heavy atom. The Kier molecular flexibility index (Phi) is 3.06. The molecule has 3 nitrogen and oxygen atoms in total. The first kappa shape index (κ1) is 10.9. The van der Waals surface area contributed by atoms with Gasteiger partial charge in [0.2, 0.25) is 0 Å². The summed E-state index contributed by atoms with van der Waals surface area (Å²) < 4.78 is 0. The maximum Gasteiger partial charge on any atom is 0.113 e. The lowest BCUT2D eigenvalue weighted by Gasteiger charge is -2.17. The van der Waals surface area contributed by atoms with Crippen molar-refractivity contribution in [2.75, 3.05) is 5.73 Å². The number of rotatable bonds is 2. The summed E-state index contributed by atoms with van der Waals surface area (Å²) in [4.78, 5) is 4.08. The SMILES string of the molecule is N=Cc1cc(C2CC=CN=C2Cl)ccc1N. The van der Waals surface area contributed by atoms with Crippen LogP contribution in [0.5, 0.6) is 0 Å². The van der Waals surface area contributed by atoms with E-state index in [2.05, 4.69) is 4.99 Å². The normalized spacial score (nSPS) is 19.3. The van der Waals surface area contributed by atoms with Gasteiger partial charge in [0.25, 0.3) is 0 Å². The molecule has 0 aliphatic carbocycles. The molecule has 0 saturated carbocycles. The molecule has 0 radical (unpaired) electrons. The van der Waals surface area contributed by atoms with E-state index in [1.54, 1.807) is 12.3 Å². The first-order valence-corrected chi connectivity index (χ1v) is 5.38. The first-order chi connectivity index (χ1) is 7.72. The predicted octanol–water partition coefficient (Wildman–Crippen LogP) is 2.90. The molecular formula is C12H12ClN3. The summed E-state index contributed by atoms with van der Waals surface area (Å²) in [5.41, 5.74) is 8.11. The van der Waals surface area contributed by atoms with Crippen molar-refractivity contribution in [3.05, 3.63) is 41.6 Å². The number of nitrogens with two attached hydrogens (primary N) is 1. The van der Waals surface area contributed by atoms with Crippen LogP contribution in [-0.2, 0) is 0 Å². The van der Waals surface area contributed by atoms with Gasteiger partial charge in [-0.1, -0.05) is 23.7 Å². The van der Waals surface area contributed by atoms with E-state index in [9.17, 15) is 0 Å². The number of nitrogens with one attached hydrogen (secondary N) is 1. The first-order valence-electron chi connectivity index (χ1n) is 5.00. The summed E-state index contributed by atoms with van der Waals surface area (Å²) in [5, 5.41) is 7.85. The van der Waals surface area contributed by atoms with E-state index in [4.69, 9.17) is 22.7 Å². The van der Waals surface area contributed by atoms with Crippen LogP contribution in [-0.4, -0.2) is 11.4 Å². The van der Waals surface area contributed by atoms with Gasteiger partial charge in [0.1, 0.15) is 5.17 Å². The summed E-state index contributed by atoms with van der Waals surface area (Å²) in [6.45, 7) is 0. The minimum absolute atomic E-state index is 0.0889. The maximum atomic E-state index is 7.26. The molecule has 82 valence electrons. The fourth-order valence-electron chi connectivity index (χ4n) is 1.72. The van der Waals surface area contributed by atoms with E-state index < -0.39 is 0 Å². The second-order valence-corrected chi connectivity index (χ2v) is 4.04. The molecule has 1 unspecified atom stereocenters. The number of nitrogen functional groups attached to an aromatic ring is 1. The van der Waals surface area contributed by atoms with Gasteiger partial charge in [-0.3, -0.25) is 0 Å². The molecule has 1 heterocycles. The second-order valence-electron chi connectivity index (χ2n) is 3.66. The minimum Gasteiger partial charge on any atom is -0.398 e. The number of allylic oxidation sites excluding steroid dienone is 1. The number of aliphatic imine (C=N–C) groups is 1. The molecule has 16 heavy (non-hydrogen) atoms. The van der Waals surface area contributed by atoms with Crippen LogP contribution in [0.2, 0.25) is 0 Å². The van der Waals surface area contributed by atoms with Crippen LogP contribution in [0.15, 0.2) is 35.5 Å². The van der Waals surface area contributed by atoms with Gasteiger partial charge in [0, 0.05) is 29.6 Å². The van der Waals surface area contributed by atoms with Gasteiger partial charge in [-0.25, -0.2) is 4.99 Å². The van der Waals surface area contributed by atoms with Gasteiger partial charge in [-0.15, -0.1) is 0 Å². The summed E-state index contributed by atoms with van der Waals surface area (Å²) >= 11 is 6.06. The molecular weight excluding hydrogens is 222 g/mol. The molecule has 0 fully saturated rings. The number of anilines is 1. The van der Waals surface area contributed by atoms with Crippen molar-refractivity contribution in [1.82, 2.24) is 0 Å². The van der Waals surface area contributed by atoms with Crippen LogP contribution in [0.3, 0.4) is 0 Å². The van der Waals surface area contributed by atoms with Crippen molar-refractivity contribution in [2.45, 2.75) is 12.3 Å². The summed E-state index contributed by atoms with van der Waals surface area (Å²) in [6, 6.07) is 5.63. The van der Waals surface area contributed by atoms with E-state index in [1.165, 1.54) is 6.21 Å². The molecule has 0 bridgehead atoms. The molecule has 1 aromatic rings. The summed E-state index contributed by atoms with van der Waals surface area (Å²) in [5.74, 6) is 0.0889. The highest BCUT2D eigenvalue weighted by Gasteiger charge is 2.18. The summed E-state index contributed by atoms with van der Waals surface area (Å²) in [7, 11) is 0. The van der Waals surface area contributed by atoms with Crippen molar-refractivity contribution in [2.24, 2.45) is 4.99 Å². The van der Waals surface area contributed by atoms with Crippen molar-refractivity contribution < 1.29 is 0 Å². The van der Waals surface area contributed by atoms with E-state index >= 15 is 0 Å². The summed E-state index contributed by atoms with van der Waals surface area (Å²) in [6.07, 6.45) is 5.79. The number of hydrogen-bond donors (Lipinski definition) is 2. The fourth-order valence-corrected chi connectivity index (χ4v) is 1.99. The Hall–Kier alpha value is -1.61. The fraction of sp³-hybridized carbons (Fsp3) is 0.167. The van der Waals surface area contributed by atoms with Gasteiger partial charge in [-0.2, -0.15) is 0 Å². The Morgan fingerprint density at radius 3 is 3.00 bits per heavy atom. The maximum absolute atomic E-state index is 7.26. The third-order valence-corrected chi connectivity index (χ3v) is 2.99. The molecule has 1 atom stereocenters. The monoisotopic (exact) mass is 233 g/mol. The van der Waals surface area contributed by atoms with Crippen LogP contribution in [0.25, 0.3) is 0 Å². The smallest absolute Gasteiger partial charge is 0.113 e. The average molecular weight is 234 g/mol. The van der Waals surface area contributed by atoms with Gasteiger partial charge < -0.3 is 11.1 Å². The Balaban J connectivity index is 2.38. The third kappa shape index (κ3) is 1.99. The van der Waals surface area contributed by atoms with Crippen molar-refractivity contribution >= 4 is 28.7 Å². The lowest BCUT2D eigenvalue weighted by atomic mass is 9.93. The third-order valence-electron chi connectivity index (χ3n) is 2.63. The zero-order chi connectivity index (χ0) is 11.5. The average Bonchev–Trinajstić information content (AvgIpc) is 2.31. The van der Waals surface area contributed by atoms with Gasteiger partial charge in [0.05, 0.1) is 0 Å². The number of benzene rings is 1. The van der Waals surface area contributed by atoms with Crippen molar-refractivity contribution in [1.29, 1.82) is 5.41 Å². The number of halogens is 1. The van der Waals surface area contributed by atoms with Crippen LogP contribution in [0.1, 0.15) is 23.5 Å². The van der Waals surface area contributed by atoms with Crippen LogP contribution >= 0.6 is 11.6 Å². The Morgan fingerprint density at radius 1 is 1.50 bits per heavy atom. The van der Waals surface area contributed by atoms with Gasteiger partial charge in [0.15, 0.2) is 0 Å². The van der Waals surface area contributed by atoms with E-state index in [0.29, 0.717) is 10.9 Å². The number of hydrogen-bond acceptors (Lipinski definition) is 3. The molecule has 4 heteroatoms. The zero-order valence-electron chi connectivity index (χ0n) is 8.65. The van der Waals surface area contributed by atoms with Crippen molar-refractivity contribution in [3.8, 4) is 0 Å². The topological polar surface area (TPSA) is 62.2 Å². The lowest BCUT2D eigenvalue weighted by molar-refractivity contribution is 0.902. The van der Waals surface area contributed by atoms with E-state index in [1.807, 2.05) is 18.2 Å². The highest BCUT2D eigenvalue weighted by molar-refractivity contribution is 6.66. The molecule has 2 rings (SSSR count). The molecule has 0 amide bonds. The number of nitrogens with zero attached hydrogens (tertiary/aromatic N) is 1. The van der Waals surface area contributed by atoms with Crippen LogP contribution in [0.4, 0.5) is 5.69 Å². The molecule has 1 aliphatic rings. The second kappa shape index (κ2) is 4.49. The largest absolute Gasteiger partial charge is 0.398 e. The standard InChI is InChI=1S/C12H12ClN3/c13-12-10(2-1-5-16-12)8-3-4-11(15)9(6-8)7-14/h1,3-7,10,14H,2,15H2. The van der Waals surface area contributed by atoms with E-state index in [0.717, 1.165) is 17.5 Å². The van der Waals surface area contributed by atoms with Gasteiger partial charge >= 0.3 is 0 Å². The van der Waals surface area contributed by atoms with Gasteiger partial charge in [-0.05, 0) is 24.1 Å². The molecule has 3 N–H and O–H groups in total. The minimum atomic E-state index is 0.0889. The highest BCUT2D eigenvalue weighted by atomic mass is 35.5. The predicted molar refractivity (Wildman–Crippen MR) is 68.5 cm³/mol. The Labute approximate surface area is 99.1 Å². The van der Waals surface area contributed by atoms with Crippen molar-refractivity contribution in [3.63, 3.8) is 0 Å². The van der Waals surface area contributed by atoms with Crippen LogP contribution in [0, 0.1) is 5.41 Å². The molecule has 0 saturated heterocycles. The quantitative estimate of drug-likeness (QED) is 0.599. The van der Waals surface area contributed by atoms with E-state index in [-0.39, 0.29) is 5.92 Å². The molecule has 1 aliphatic heterocycles. The molecule has 0 aromatic heterocycles. The lowest BCUT2D eigenvalue weighted by Crippen LogP contribution is -2.09. The Bertz CT molecular complexity index is 477.